The molecule has 19 heavy (non-hydrogen) atoms. The SMILES string of the molecule is CCOC(=O)C(C)CN(C(=O)c1cccs1)C1CC1. The Balaban J connectivity index is 2.01. The number of carbonyl (C=O) groups is 2. The molecule has 0 radical (unpaired) electrons. The lowest BCUT2D eigenvalue weighted by Gasteiger charge is -2.24. The topological polar surface area (TPSA) is 46.6 Å². The van der Waals surface area contributed by atoms with Crippen molar-refractivity contribution >= 4 is 23.2 Å². The van der Waals surface area contributed by atoms with Gasteiger partial charge in [-0.2, -0.15) is 0 Å². The van der Waals surface area contributed by atoms with Gasteiger partial charge in [-0.3, -0.25) is 9.59 Å². The van der Waals surface area contributed by atoms with Gasteiger partial charge in [0.05, 0.1) is 17.4 Å². The van der Waals surface area contributed by atoms with Crippen LogP contribution in [0.25, 0.3) is 0 Å². The number of amides is 1. The highest BCUT2D eigenvalue weighted by Gasteiger charge is 2.35. The van der Waals surface area contributed by atoms with Crippen molar-refractivity contribution in [3.8, 4) is 0 Å². The molecule has 2 rings (SSSR count). The van der Waals surface area contributed by atoms with Gasteiger partial charge < -0.3 is 9.64 Å². The molecule has 104 valence electrons. The van der Waals surface area contributed by atoms with E-state index in [9.17, 15) is 9.59 Å². The molecule has 0 aliphatic heterocycles. The van der Waals surface area contributed by atoms with Gasteiger partial charge in [-0.15, -0.1) is 11.3 Å². The van der Waals surface area contributed by atoms with Crippen molar-refractivity contribution in [1.29, 1.82) is 0 Å². The van der Waals surface area contributed by atoms with Crippen LogP contribution in [-0.4, -0.2) is 36.0 Å². The molecular weight excluding hydrogens is 262 g/mol. The Morgan fingerprint density at radius 3 is 2.79 bits per heavy atom. The molecule has 1 fully saturated rings. The van der Waals surface area contributed by atoms with E-state index in [2.05, 4.69) is 0 Å². The highest BCUT2D eigenvalue weighted by atomic mass is 32.1. The molecule has 0 saturated heterocycles. The van der Waals surface area contributed by atoms with E-state index in [1.165, 1.54) is 11.3 Å². The lowest BCUT2D eigenvalue weighted by atomic mass is 10.1. The molecule has 1 aromatic heterocycles. The molecular formula is C14H19NO3S. The van der Waals surface area contributed by atoms with Crippen LogP contribution in [0, 0.1) is 5.92 Å². The summed E-state index contributed by atoms with van der Waals surface area (Å²) in [4.78, 5) is 26.6. The lowest BCUT2D eigenvalue weighted by Crippen LogP contribution is -2.38. The summed E-state index contributed by atoms with van der Waals surface area (Å²) >= 11 is 1.44. The van der Waals surface area contributed by atoms with E-state index >= 15 is 0 Å². The first-order valence-electron chi connectivity index (χ1n) is 6.64. The Labute approximate surface area is 117 Å². The van der Waals surface area contributed by atoms with E-state index in [1.807, 2.05) is 29.3 Å². The van der Waals surface area contributed by atoms with Gasteiger partial charge in [0.15, 0.2) is 0 Å². The van der Waals surface area contributed by atoms with Gasteiger partial charge in [0, 0.05) is 12.6 Å². The Morgan fingerprint density at radius 2 is 2.26 bits per heavy atom. The van der Waals surface area contributed by atoms with E-state index in [1.54, 1.807) is 6.92 Å². The highest BCUT2D eigenvalue weighted by molar-refractivity contribution is 7.12. The largest absolute Gasteiger partial charge is 0.466 e. The molecule has 1 amide bonds. The van der Waals surface area contributed by atoms with Gasteiger partial charge in [-0.05, 0) is 31.2 Å². The summed E-state index contributed by atoms with van der Waals surface area (Å²) in [5, 5.41) is 1.90. The minimum absolute atomic E-state index is 0.0358. The van der Waals surface area contributed by atoms with Crippen LogP contribution in [0.3, 0.4) is 0 Å². The van der Waals surface area contributed by atoms with Crippen LogP contribution < -0.4 is 0 Å². The summed E-state index contributed by atoms with van der Waals surface area (Å²) < 4.78 is 5.00. The van der Waals surface area contributed by atoms with E-state index < -0.39 is 0 Å². The first-order chi connectivity index (χ1) is 9.13. The van der Waals surface area contributed by atoms with Crippen LogP contribution in [0.4, 0.5) is 0 Å². The summed E-state index contributed by atoms with van der Waals surface area (Å²) in [6, 6.07) is 4.00. The van der Waals surface area contributed by atoms with Crippen molar-refractivity contribution in [2.45, 2.75) is 32.7 Å². The minimum Gasteiger partial charge on any atom is -0.466 e. The predicted molar refractivity (Wildman–Crippen MR) is 74.2 cm³/mol. The number of rotatable bonds is 6. The van der Waals surface area contributed by atoms with Crippen LogP contribution in [-0.2, 0) is 9.53 Å². The number of thiophene rings is 1. The van der Waals surface area contributed by atoms with Crippen molar-refractivity contribution < 1.29 is 14.3 Å². The maximum Gasteiger partial charge on any atom is 0.310 e. The summed E-state index contributed by atoms with van der Waals surface area (Å²) in [5.41, 5.74) is 0. The second-order valence-corrected chi connectivity index (χ2v) is 5.77. The average molecular weight is 281 g/mol. The van der Waals surface area contributed by atoms with Crippen molar-refractivity contribution in [1.82, 2.24) is 4.90 Å². The monoisotopic (exact) mass is 281 g/mol. The maximum atomic E-state index is 12.4. The Morgan fingerprint density at radius 1 is 1.53 bits per heavy atom. The fourth-order valence-corrected chi connectivity index (χ4v) is 2.66. The third kappa shape index (κ3) is 3.56. The first-order valence-corrected chi connectivity index (χ1v) is 7.52. The van der Waals surface area contributed by atoms with Gasteiger partial charge in [-0.1, -0.05) is 13.0 Å². The van der Waals surface area contributed by atoms with Gasteiger partial charge in [0.25, 0.3) is 5.91 Å². The van der Waals surface area contributed by atoms with Crippen LogP contribution >= 0.6 is 11.3 Å². The fraction of sp³-hybridized carbons (Fsp3) is 0.571. The van der Waals surface area contributed by atoms with Crippen molar-refractivity contribution in [2.75, 3.05) is 13.2 Å². The lowest BCUT2D eigenvalue weighted by molar-refractivity contribution is -0.147. The van der Waals surface area contributed by atoms with Crippen LogP contribution in [0.1, 0.15) is 36.4 Å². The molecule has 1 heterocycles. The highest BCUT2D eigenvalue weighted by Crippen LogP contribution is 2.30. The molecule has 1 aromatic rings. The summed E-state index contributed by atoms with van der Waals surface area (Å²) in [6.45, 7) is 4.43. The minimum atomic E-state index is -0.274. The second-order valence-electron chi connectivity index (χ2n) is 4.82. The molecule has 4 nitrogen and oxygen atoms in total. The third-order valence-corrected chi connectivity index (χ3v) is 4.00. The fourth-order valence-electron chi connectivity index (χ4n) is 1.98. The van der Waals surface area contributed by atoms with Crippen molar-refractivity contribution in [3.63, 3.8) is 0 Å². The normalized spacial score (nSPS) is 15.9. The van der Waals surface area contributed by atoms with E-state index in [0.29, 0.717) is 19.2 Å². The summed E-state index contributed by atoms with van der Waals surface area (Å²) in [7, 11) is 0. The van der Waals surface area contributed by atoms with E-state index in [0.717, 1.165) is 17.7 Å². The zero-order chi connectivity index (χ0) is 13.8. The zero-order valence-corrected chi connectivity index (χ0v) is 12.1. The number of hydrogen-bond acceptors (Lipinski definition) is 4. The molecule has 5 heteroatoms. The van der Waals surface area contributed by atoms with Crippen LogP contribution in [0.5, 0.6) is 0 Å². The third-order valence-electron chi connectivity index (χ3n) is 3.14. The predicted octanol–water partition coefficient (Wildman–Crippen LogP) is 2.55. The molecule has 1 aliphatic carbocycles. The molecule has 1 saturated carbocycles. The average Bonchev–Trinajstić information content (AvgIpc) is 3.08. The molecule has 1 atom stereocenters. The summed E-state index contributed by atoms with van der Waals surface area (Å²) in [5.74, 6) is -0.467. The van der Waals surface area contributed by atoms with Crippen LogP contribution in [0.15, 0.2) is 17.5 Å². The quantitative estimate of drug-likeness (QED) is 0.753. The Kier molecular flexibility index (Phi) is 4.58. The Bertz CT molecular complexity index is 440. The van der Waals surface area contributed by atoms with E-state index in [4.69, 9.17) is 4.74 Å². The molecule has 0 bridgehead atoms. The number of ether oxygens (including phenoxy) is 1. The second kappa shape index (κ2) is 6.19. The van der Waals surface area contributed by atoms with Gasteiger partial charge in [0.2, 0.25) is 0 Å². The number of carbonyl (C=O) groups excluding carboxylic acids is 2. The van der Waals surface area contributed by atoms with Gasteiger partial charge >= 0.3 is 5.97 Å². The summed E-state index contributed by atoms with van der Waals surface area (Å²) in [6.07, 6.45) is 2.07. The number of esters is 1. The number of nitrogens with zero attached hydrogens (tertiary/aromatic N) is 1. The van der Waals surface area contributed by atoms with Crippen molar-refractivity contribution in [2.24, 2.45) is 5.92 Å². The molecule has 1 unspecified atom stereocenters. The van der Waals surface area contributed by atoms with E-state index in [-0.39, 0.29) is 17.8 Å². The first kappa shape index (κ1) is 14.1. The number of hydrogen-bond donors (Lipinski definition) is 0. The molecule has 0 N–H and O–H groups in total. The van der Waals surface area contributed by atoms with Crippen molar-refractivity contribution in [3.05, 3.63) is 22.4 Å². The standard InChI is InChI=1S/C14H19NO3S/c1-3-18-14(17)10(2)9-15(11-6-7-11)13(16)12-5-4-8-19-12/h4-5,8,10-11H,3,6-7,9H2,1-2H3. The maximum absolute atomic E-state index is 12.4. The van der Waals surface area contributed by atoms with Gasteiger partial charge in [0.1, 0.15) is 0 Å². The smallest absolute Gasteiger partial charge is 0.310 e. The molecule has 1 aliphatic rings. The molecule has 0 spiro atoms. The Hall–Kier alpha value is -1.36. The zero-order valence-electron chi connectivity index (χ0n) is 11.3. The van der Waals surface area contributed by atoms with Crippen LogP contribution in [0.2, 0.25) is 0 Å². The molecule has 0 aromatic carbocycles. The van der Waals surface area contributed by atoms with Gasteiger partial charge in [-0.25, -0.2) is 0 Å².